The van der Waals surface area contributed by atoms with Crippen molar-refractivity contribution >= 4 is 0 Å². The molecule has 0 atom stereocenters. The van der Waals surface area contributed by atoms with Crippen LogP contribution in [0.2, 0.25) is 0 Å². The molecule has 4 heteroatoms. The highest BCUT2D eigenvalue weighted by Gasteiger charge is 2.08. The molecule has 0 aliphatic carbocycles. The molecule has 1 fully saturated rings. The van der Waals surface area contributed by atoms with E-state index in [1.54, 1.807) is 0 Å². The van der Waals surface area contributed by atoms with E-state index in [2.05, 4.69) is 52.7 Å². The van der Waals surface area contributed by atoms with E-state index in [0.29, 0.717) is 0 Å². The quantitative estimate of drug-likeness (QED) is 0.916. The topological polar surface area (TPSA) is 33.1 Å². The Hall–Kier alpha value is -1.65. The third-order valence-electron chi connectivity index (χ3n) is 3.84. The molecule has 106 valence electrons. The number of nitrogens with one attached hydrogen (secondary N) is 1. The van der Waals surface area contributed by atoms with Crippen molar-refractivity contribution in [2.45, 2.75) is 13.3 Å². The molecule has 2 heterocycles. The first-order valence-corrected chi connectivity index (χ1v) is 7.35. The van der Waals surface area contributed by atoms with E-state index in [0.717, 1.165) is 31.7 Å². The van der Waals surface area contributed by atoms with Crippen molar-refractivity contribution in [3.8, 4) is 5.69 Å². The Morgan fingerprint density at radius 3 is 2.55 bits per heavy atom. The van der Waals surface area contributed by atoms with Crippen LogP contribution in [-0.2, 0) is 6.42 Å². The lowest BCUT2D eigenvalue weighted by atomic mass is 10.1. The molecule has 0 bridgehead atoms. The van der Waals surface area contributed by atoms with E-state index >= 15 is 0 Å². The monoisotopic (exact) mass is 270 g/mol. The summed E-state index contributed by atoms with van der Waals surface area (Å²) in [6.45, 7) is 7.80. The molecule has 0 unspecified atom stereocenters. The molecule has 0 radical (unpaired) electrons. The molecule has 0 saturated carbocycles. The molecule has 1 aliphatic heterocycles. The van der Waals surface area contributed by atoms with Crippen LogP contribution < -0.4 is 5.32 Å². The maximum Gasteiger partial charge on any atom is 0.0645 e. The van der Waals surface area contributed by atoms with E-state index in [4.69, 9.17) is 0 Å². The standard InChI is InChI=1S/C16H22N4/c1-14-12-18-20(13-14)16-4-2-15(3-5-16)6-9-19-10-7-17-8-11-19/h2-5,12-13,17H,6-11H2,1H3. The normalized spacial score (nSPS) is 16.4. The first-order valence-electron chi connectivity index (χ1n) is 7.35. The van der Waals surface area contributed by atoms with Gasteiger partial charge < -0.3 is 10.2 Å². The number of hydrogen-bond donors (Lipinski definition) is 1. The van der Waals surface area contributed by atoms with Crippen LogP contribution in [0.15, 0.2) is 36.7 Å². The van der Waals surface area contributed by atoms with Gasteiger partial charge in [0.15, 0.2) is 0 Å². The van der Waals surface area contributed by atoms with Crippen LogP contribution in [0.1, 0.15) is 11.1 Å². The SMILES string of the molecule is Cc1cnn(-c2ccc(CCN3CCNCC3)cc2)c1. The summed E-state index contributed by atoms with van der Waals surface area (Å²) in [6, 6.07) is 8.74. The highest BCUT2D eigenvalue weighted by Crippen LogP contribution is 2.11. The fourth-order valence-electron chi connectivity index (χ4n) is 2.59. The van der Waals surface area contributed by atoms with Crippen LogP contribution >= 0.6 is 0 Å². The number of nitrogens with zero attached hydrogens (tertiary/aromatic N) is 3. The second kappa shape index (κ2) is 6.20. The summed E-state index contributed by atoms with van der Waals surface area (Å²) in [5.41, 5.74) is 3.72. The van der Waals surface area contributed by atoms with E-state index in [-0.39, 0.29) is 0 Å². The third kappa shape index (κ3) is 3.26. The fourth-order valence-corrected chi connectivity index (χ4v) is 2.59. The third-order valence-corrected chi connectivity index (χ3v) is 3.84. The molecule has 3 rings (SSSR count). The van der Waals surface area contributed by atoms with Crippen LogP contribution in [-0.4, -0.2) is 47.4 Å². The number of hydrogen-bond acceptors (Lipinski definition) is 3. The van der Waals surface area contributed by atoms with Gasteiger partial charge in [-0.25, -0.2) is 4.68 Å². The molecule has 1 aromatic heterocycles. The van der Waals surface area contributed by atoms with Gasteiger partial charge in [0.25, 0.3) is 0 Å². The van der Waals surface area contributed by atoms with Gasteiger partial charge >= 0.3 is 0 Å². The second-order valence-corrected chi connectivity index (χ2v) is 5.47. The van der Waals surface area contributed by atoms with E-state index in [1.165, 1.54) is 24.2 Å². The van der Waals surface area contributed by atoms with Gasteiger partial charge in [-0.15, -0.1) is 0 Å². The molecule has 0 spiro atoms. The van der Waals surface area contributed by atoms with Crippen molar-refractivity contribution in [3.05, 3.63) is 47.8 Å². The van der Waals surface area contributed by atoms with Crippen LogP contribution in [0.4, 0.5) is 0 Å². The molecular weight excluding hydrogens is 248 g/mol. The highest BCUT2D eigenvalue weighted by molar-refractivity contribution is 5.34. The Labute approximate surface area is 120 Å². The zero-order chi connectivity index (χ0) is 13.8. The van der Waals surface area contributed by atoms with Gasteiger partial charge in [0.1, 0.15) is 0 Å². The maximum atomic E-state index is 4.34. The molecule has 1 aromatic carbocycles. The first kappa shape index (κ1) is 13.3. The van der Waals surface area contributed by atoms with Crippen molar-refractivity contribution in [2.75, 3.05) is 32.7 Å². The van der Waals surface area contributed by atoms with Crippen LogP contribution in [0, 0.1) is 6.92 Å². The predicted octanol–water partition coefficient (Wildman–Crippen LogP) is 1.63. The Kier molecular flexibility index (Phi) is 4.14. The van der Waals surface area contributed by atoms with Crippen molar-refractivity contribution in [1.29, 1.82) is 0 Å². The zero-order valence-corrected chi connectivity index (χ0v) is 12.0. The molecule has 1 N–H and O–H groups in total. The maximum absolute atomic E-state index is 4.34. The van der Waals surface area contributed by atoms with Crippen molar-refractivity contribution in [1.82, 2.24) is 20.0 Å². The molecule has 1 aliphatic rings. The number of aromatic nitrogens is 2. The Balaban J connectivity index is 1.58. The fraction of sp³-hybridized carbons (Fsp3) is 0.438. The van der Waals surface area contributed by atoms with Gasteiger partial charge in [0.05, 0.1) is 11.9 Å². The molecular formula is C16H22N4. The van der Waals surface area contributed by atoms with Crippen LogP contribution in [0.3, 0.4) is 0 Å². The summed E-state index contributed by atoms with van der Waals surface area (Å²) in [7, 11) is 0. The summed E-state index contributed by atoms with van der Waals surface area (Å²) in [6.07, 6.45) is 5.06. The predicted molar refractivity (Wildman–Crippen MR) is 81.3 cm³/mol. The largest absolute Gasteiger partial charge is 0.314 e. The molecule has 20 heavy (non-hydrogen) atoms. The van der Waals surface area contributed by atoms with Gasteiger partial charge in [0.2, 0.25) is 0 Å². The second-order valence-electron chi connectivity index (χ2n) is 5.47. The number of aryl methyl sites for hydroxylation is 1. The number of rotatable bonds is 4. The summed E-state index contributed by atoms with van der Waals surface area (Å²) in [5.74, 6) is 0. The highest BCUT2D eigenvalue weighted by atomic mass is 15.3. The average Bonchev–Trinajstić information content (AvgIpc) is 2.93. The average molecular weight is 270 g/mol. The van der Waals surface area contributed by atoms with Gasteiger partial charge in [0, 0.05) is 38.9 Å². The summed E-state index contributed by atoms with van der Waals surface area (Å²) >= 11 is 0. The van der Waals surface area contributed by atoms with Crippen molar-refractivity contribution < 1.29 is 0 Å². The lowest BCUT2D eigenvalue weighted by Gasteiger charge is -2.27. The van der Waals surface area contributed by atoms with Crippen LogP contribution in [0.25, 0.3) is 5.69 Å². The van der Waals surface area contributed by atoms with E-state index < -0.39 is 0 Å². The van der Waals surface area contributed by atoms with Gasteiger partial charge in [-0.05, 0) is 36.6 Å². The van der Waals surface area contributed by atoms with Gasteiger partial charge in [-0.2, -0.15) is 5.10 Å². The number of piperazine rings is 1. The van der Waals surface area contributed by atoms with Crippen LogP contribution in [0.5, 0.6) is 0 Å². The molecule has 2 aromatic rings. The Bertz CT molecular complexity index is 538. The van der Waals surface area contributed by atoms with Crippen molar-refractivity contribution in [2.24, 2.45) is 0 Å². The first-order chi connectivity index (χ1) is 9.81. The van der Waals surface area contributed by atoms with Gasteiger partial charge in [-0.1, -0.05) is 12.1 Å². The Morgan fingerprint density at radius 2 is 1.90 bits per heavy atom. The molecule has 4 nitrogen and oxygen atoms in total. The summed E-state index contributed by atoms with van der Waals surface area (Å²) in [4.78, 5) is 2.53. The van der Waals surface area contributed by atoms with Crippen molar-refractivity contribution in [3.63, 3.8) is 0 Å². The zero-order valence-electron chi connectivity index (χ0n) is 12.0. The van der Waals surface area contributed by atoms with Gasteiger partial charge in [-0.3, -0.25) is 0 Å². The minimum atomic E-state index is 1.12. The van der Waals surface area contributed by atoms with E-state index in [9.17, 15) is 0 Å². The lowest BCUT2D eigenvalue weighted by Crippen LogP contribution is -2.44. The Morgan fingerprint density at radius 1 is 1.15 bits per heavy atom. The number of benzene rings is 1. The summed E-state index contributed by atoms with van der Waals surface area (Å²) < 4.78 is 1.93. The molecule has 1 saturated heterocycles. The smallest absolute Gasteiger partial charge is 0.0645 e. The van der Waals surface area contributed by atoms with E-state index in [1.807, 2.05) is 10.9 Å². The lowest BCUT2D eigenvalue weighted by molar-refractivity contribution is 0.244. The summed E-state index contributed by atoms with van der Waals surface area (Å²) in [5, 5.41) is 7.73. The minimum Gasteiger partial charge on any atom is -0.314 e. The minimum absolute atomic E-state index is 1.12. The molecule has 0 amide bonds.